The maximum Gasteiger partial charge on any atom is 0.149 e. The standard InChI is InChI=1S/C30H40N6O3/c1-2-12-35(13-3-1)14-19-38-26-8-9-29(33-22-26)34-23-4-6-25(7-5-23)39-28-21-24(36-15-17-37-18-16-36)20-27-30(28)32-11-10-31-27/h8-11,20-23,25H,1-7,12-19H2,(H,33,34)/t23-,25+. The summed E-state index contributed by atoms with van der Waals surface area (Å²) < 4.78 is 18.0. The van der Waals surface area contributed by atoms with Crippen LogP contribution in [0.3, 0.4) is 0 Å². The topological polar surface area (TPSA) is 84.9 Å². The zero-order valence-electron chi connectivity index (χ0n) is 22.8. The van der Waals surface area contributed by atoms with Crippen LogP contribution in [0.4, 0.5) is 11.5 Å². The molecule has 0 atom stereocenters. The summed E-state index contributed by atoms with van der Waals surface area (Å²) in [7, 11) is 0. The number of hydrogen-bond acceptors (Lipinski definition) is 9. The van der Waals surface area contributed by atoms with E-state index >= 15 is 0 Å². The molecule has 0 unspecified atom stereocenters. The Morgan fingerprint density at radius 1 is 0.897 bits per heavy atom. The van der Waals surface area contributed by atoms with Crippen LogP contribution in [0.25, 0.3) is 11.0 Å². The minimum absolute atomic E-state index is 0.164. The third-order valence-electron chi connectivity index (χ3n) is 8.08. The molecular formula is C30H40N6O3. The van der Waals surface area contributed by atoms with Gasteiger partial charge in [0.15, 0.2) is 0 Å². The zero-order chi connectivity index (χ0) is 26.3. The number of fused-ring (bicyclic) bond motifs is 1. The van der Waals surface area contributed by atoms with E-state index in [2.05, 4.69) is 42.2 Å². The van der Waals surface area contributed by atoms with Gasteiger partial charge in [-0.1, -0.05) is 6.42 Å². The first-order valence-corrected chi connectivity index (χ1v) is 14.6. The number of piperidine rings is 1. The molecule has 0 spiro atoms. The predicted octanol–water partition coefficient (Wildman–Crippen LogP) is 4.53. The van der Waals surface area contributed by atoms with Gasteiger partial charge in [-0.05, 0) is 69.8 Å². The predicted molar refractivity (Wildman–Crippen MR) is 153 cm³/mol. The van der Waals surface area contributed by atoms with Crippen LogP contribution >= 0.6 is 0 Å². The molecule has 3 fully saturated rings. The van der Waals surface area contributed by atoms with Crippen LogP contribution < -0.4 is 19.7 Å². The molecule has 0 bridgehead atoms. The van der Waals surface area contributed by atoms with Crippen molar-refractivity contribution in [2.24, 2.45) is 0 Å². The number of pyridine rings is 1. The van der Waals surface area contributed by atoms with Crippen LogP contribution in [0, 0.1) is 0 Å². The lowest BCUT2D eigenvalue weighted by Gasteiger charge is -2.31. The van der Waals surface area contributed by atoms with Crippen molar-refractivity contribution in [2.45, 2.75) is 57.1 Å². The average Bonchev–Trinajstić information content (AvgIpc) is 3.00. The van der Waals surface area contributed by atoms with Crippen molar-refractivity contribution in [3.63, 3.8) is 0 Å². The van der Waals surface area contributed by atoms with Gasteiger partial charge in [-0.25, -0.2) is 9.97 Å². The zero-order valence-corrected chi connectivity index (χ0v) is 22.8. The number of aromatic nitrogens is 3. The molecular weight excluding hydrogens is 492 g/mol. The molecule has 4 heterocycles. The van der Waals surface area contributed by atoms with E-state index in [9.17, 15) is 0 Å². The molecule has 9 nitrogen and oxygen atoms in total. The average molecular weight is 533 g/mol. The minimum atomic E-state index is 0.164. The Morgan fingerprint density at radius 3 is 2.51 bits per heavy atom. The Balaban J connectivity index is 0.996. The lowest BCUT2D eigenvalue weighted by Crippen LogP contribution is -2.36. The van der Waals surface area contributed by atoms with Crippen molar-refractivity contribution in [3.05, 3.63) is 42.9 Å². The summed E-state index contributed by atoms with van der Waals surface area (Å²) in [4.78, 5) is 18.6. The molecule has 0 radical (unpaired) electrons. The molecule has 9 heteroatoms. The number of rotatable bonds is 9. The number of benzene rings is 1. The summed E-state index contributed by atoms with van der Waals surface area (Å²) in [6, 6.07) is 8.68. The van der Waals surface area contributed by atoms with Crippen LogP contribution in [0.1, 0.15) is 44.9 Å². The molecule has 6 rings (SSSR count). The third-order valence-corrected chi connectivity index (χ3v) is 8.08. The van der Waals surface area contributed by atoms with Gasteiger partial charge in [0.05, 0.1) is 31.0 Å². The monoisotopic (exact) mass is 532 g/mol. The van der Waals surface area contributed by atoms with E-state index in [4.69, 9.17) is 14.2 Å². The van der Waals surface area contributed by atoms with Gasteiger partial charge in [-0.2, -0.15) is 0 Å². The molecule has 3 aromatic rings. The van der Waals surface area contributed by atoms with E-state index in [0.29, 0.717) is 12.6 Å². The number of likely N-dealkylation sites (tertiary alicyclic amines) is 1. The fourth-order valence-corrected chi connectivity index (χ4v) is 5.86. The molecule has 1 saturated carbocycles. The van der Waals surface area contributed by atoms with E-state index in [0.717, 1.165) is 92.6 Å². The highest BCUT2D eigenvalue weighted by Gasteiger charge is 2.24. The van der Waals surface area contributed by atoms with E-state index in [1.165, 1.54) is 32.4 Å². The number of hydrogen-bond donors (Lipinski definition) is 1. The van der Waals surface area contributed by atoms with E-state index in [-0.39, 0.29) is 6.10 Å². The first-order chi connectivity index (χ1) is 19.3. The largest absolute Gasteiger partial charge is 0.491 e. The van der Waals surface area contributed by atoms with Gasteiger partial charge in [0, 0.05) is 49.8 Å². The molecule has 39 heavy (non-hydrogen) atoms. The summed E-state index contributed by atoms with van der Waals surface area (Å²) in [6.45, 7) is 7.35. The summed E-state index contributed by atoms with van der Waals surface area (Å²) in [5.74, 6) is 2.57. The van der Waals surface area contributed by atoms with Crippen molar-refractivity contribution < 1.29 is 14.2 Å². The SMILES string of the molecule is c1cnc2c(O[C@H]3CC[C@@H](Nc4ccc(OCCN5CCCCC5)cn4)CC3)cc(N3CCOCC3)cc2n1. The second kappa shape index (κ2) is 12.8. The summed E-state index contributed by atoms with van der Waals surface area (Å²) in [5, 5.41) is 3.61. The molecule has 2 aliphatic heterocycles. The van der Waals surface area contributed by atoms with Gasteiger partial charge < -0.3 is 24.4 Å². The Hall–Kier alpha value is -3.17. The van der Waals surface area contributed by atoms with Gasteiger partial charge in [0.1, 0.15) is 29.4 Å². The van der Waals surface area contributed by atoms with Gasteiger partial charge in [-0.15, -0.1) is 0 Å². The second-order valence-electron chi connectivity index (χ2n) is 10.8. The maximum absolute atomic E-state index is 6.57. The molecule has 3 aliphatic rings. The molecule has 1 aromatic carbocycles. The first kappa shape index (κ1) is 26.1. The molecule has 1 N–H and O–H groups in total. The highest BCUT2D eigenvalue weighted by molar-refractivity contribution is 5.85. The lowest BCUT2D eigenvalue weighted by molar-refractivity contribution is 0.122. The van der Waals surface area contributed by atoms with E-state index in [1.54, 1.807) is 12.4 Å². The lowest BCUT2D eigenvalue weighted by atomic mass is 9.93. The molecule has 0 amide bonds. The van der Waals surface area contributed by atoms with Crippen LogP contribution in [0.5, 0.6) is 11.5 Å². The Labute approximate surface area is 230 Å². The summed E-state index contributed by atoms with van der Waals surface area (Å²) in [6.07, 6.45) is 13.5. The number of nitrogens with one attached hydrogen (secondary N) is 1. The highest BCUT2D eigenvalue weighted by Crippen LogP contribution is 2.33. The maximum atomic E-state index is 6.57. The number of morpholine rings is 1. The van der Waals surface area contributed by atoms with Crippen LogP contribution in [0.2, 0.25) is 0 Å². The third kappa shape index (κ3) is 6.89. The van der Waals surface area contributed by atoms with E-state index in [1.807, 2.05) is 18.3 Å². The van der Waals surface area contributed by atoms with Gasteiger partial charge in [0.25, 0.3) is 0 Å². The van der Waals surface area contributed by atoms with Crippen LogP contribution in [0.15, 0.2) is 42.9 Å². The Kier molecular flexibility index (Phi) is 8.55. The van der Waals surface area contributed by atoms with Crippen molar-refractivity contribution >= 4 is 22.5 Å². The number of ether oxygens (including phenoxy) is 3. The molecule has 208 valence electrons. The number of nitrogens with zero attached hydrogens (tertiary/aromatic N) is 5. The van der Waals surface area contributed by atoms with Crippen LogP contribution in [-0.4, -0.2) is 84.5 Å². The molecule has 1 aliphatic carbocycles. The molecule has 2 aromatic heterocycles. The summed E-state index contributed by atoms with van der Waals surface area (Å²) in [5.41, 5.74) is 2.83. The summed E-state index contributed by atoms with van der Waals surface area (Å²) >= 11 is 0. The van der Waals surface area contributed by atoms with E-state index < -0.39 is 0 Å². The number of anilines is 2. The highest BCUT2D eigenvalue weighted by atomic mass is 16.5. The molecule has 2 saturated heterocycles. The Morgan fingerprint density at radius 2 is 1.72 bits per heavy atom. The van der Waals surface area contributed by atoms with Crippen LogP contribution in [-0.2, 0) is 4.74 Å². The quantitative estimate of drug-likeness (QED) is 0.427. The Bertz CT molecular complexity index is 1190. The van der Waals surface area contributed by atoms with Crippen molar-refractivity contribution in [2.75, 3.05) is 62.8 Å². The fourth-order valence-electron chi connectivity index (χ4n) is 5.86. The van der Waals surface area contributed by atoms with Gasteiger partial charge in [-0.3, -0.25) is 9.88 Å². The first-order valence-electron chi connectivity index (χ1n) is 14.6. The fraction of sp³-hybridized carbons (Fsp3) is 0.567. The van der Waals surface area contributed by atoms with Crippen molar-refractivity contribution in [1.29, 1.82) is 0 Å². The van der Waals surface area contributed by atoms with Gasteiger partial charge >= 0.3 is 0 Å². The van der Waals surface area contributed by atoms with Gasteiger partial charge in [0.2, 0.25) is 0 Å². The van der Waals surface area contributed by atoms with Crippen molar-refractivity contribution in [1.82, 2.24) is 19.9 Å². The normalized spacial score (nSPS) is 22.5. The smallest absolute Gasteiger partial charge is 0.149 e. The minimum Gasteiger partial charge on any atom is -0.491 e. The van der Waals surface area contributed by atoms with Crippen molar-refractivity contribution in [3.8, 4) is 11.5 Å². The second-order valence-corrected chi connectivity index (χ2v) is 10.8.